The van der Waals surface area contributed by atoms with Gasteiger partial charge in [0.15, 0.2) is 6.10 Å². The Hall–Kier alpha value is -1.57. The number of hydrogen-bond donors (Lipinski definition) is 1. The molecule has 8 heteroatoms. The molecule has 1 aromatic rings. The number of halogens is 3. The van der Waals surface area contributed by atoms with Crippen LogP contribution in [0.3, 0.4) is 0 Å². The van der Waals surface area contributed by atoms with Crippen LogP contribution in [0.1, 0.15) is 11.8 Å². The summed E-state index contributed by atoms with van der Waals surface area (Å²) in [5, 5.41) is 8.98. The van der Waals surface area contributed by atoms with Gasteiger partial charge < -0.3 is 14.6 Å². The second-order valence-electron chi connectivity index (χ2n) is 2.75. The van der Waals surface area contributed by atoms with E-state index in [1.54, 1.807) is 0 Å². The van der Waals surface area contributed by atoms with E-state index in [9.17, 15) is 13.2 Å². The van der Waals surface area contributed by atoms with Crippen LogP contribution >= 0.6 is 0 Å². The van der Waals surface area contributed by atoms with Crippen LogP contribution in [0.25, 0.3) is 0 Å². The second-order valence-corrected chi connectivity index (χ2v) is 2.75. The quantitative estimate of drug-likeness (QED) is 0.853. The molecule has 90 valence electrons. The lowest BCUT2D eigenvalue weighted by molar-refractivity contribution is -0.208. The molecule has 0 saturated carbocycles. The zero-order chi connectivity index (χ0) is 12.3. The van der Waals surface area contributed by atoms with Crippen molar-refractivity contribution in [3.63, 3.8) is 0 Å². The number of aliphatic hydroxyl groups is 1. The number of hydrogen-bond acceptors (Lipinski definition) is 5. The molecule has 0 spiro atoms. The van der Waals surface area contributed by atoms with Crippen molar-refractivity contribution in [2.45, 2.75) is 12.3 Å². The molecule has 0 aliphatic rings. The van der Waals surface area contributed by atoms with Gasteiger partial charge in [0.2, 0.25) is 11.8 Å². The van der Waals surface area contributed by atoms with Crippen molar-refractivity contribution in [2.24, 2.45) is 0 Å². The summed E-state index contributed by atoms with van der Waals surface area (Å²) in [5.74, 6) is -0.431. The van der Waals surface area contributed by atoms with Gasteiger partial charge in [-0.15, -0.1) is 0 Å². The van der Waals surface area contributed by atoms with Crippen LogP contribution in [0.4, 0.5) is 13.2 Å². The van der Waals surface area contributed by atoms with E-state index >= 15 is 0 Å². The highest BCUT2D eigenvalue weighted by Crippen LogP contribution is 2.35. The maximum absolute atomic E-state index is 12.2. The molecule has 0 aliphatic heterocycles. The lowest BCUT2D eigenvalue weighted by Crippen LogP contribution is -2.22. The lowest BCUT2D eigenvalue weighted by atomic mass is 10.2. The highest BCUT2D eigenvalue weighted by atomic mass is 19.4. The molecule has 1 N–H and O–H groups in total. The van der Waals surface area contributed by atoms with Gasteiger partial charge in [-0.05, 0) is 0 Å². The molecule has 1 rings (SSSR count). The molecule has 1 aromatic heterocycles. The number of ether oxygens (including phenoxy) is 2. The first-order chi connectivity index (χ1) is 7.40. The number of aromatic nitrogens is 2. The zero-order valence-corrected chi connectivity index (χ0v) is 8.45. The third-order valence-electron chi connectivity index (χ3n) is 1.72. The number of methoxy groups -OCH3 is 2. The van der Waals surface area contributed by atoms with E-state index < -0.39 is 23.9 Å². The lowest BCUT2D eigenvalue weighted by Gasteiger charge is -2.15. The van der Waals surface area contributed by atoms with Crippen LogP contribution in [-0.2, 0) is 0 Å². The first-order valence-electron chi connectivity index (χ1n) is 4.09. The Balaban J connectivity index is 3.14. The van der Waals surface area contributed by atoms with Crippen LogP contribution in [0.15, 0.2) is 6.20 Å². The van der Waals surface area contributed by atoms with Crippen molar-refractivity contribution < 1.29 is 27.8 Å². The SMILES string of the molecule is COc1cnc([C@@H](O)C(F)(F)F)c(OC)n1. The Morgan fingerprint density at radius 2 is 1.94 bits per heavy atom. The predicted octanol–water partition coefficient (Wildman–Crippen LogP) is 1.09. The largest absolute Gasteiger partial charge is 0.480 e. The first-order valence-corrected chi connectivity index (χ1v) is 4.09. The fraction of sp³-hybridized carbons (Fsp3) is 0.500. The summed E-state index contributed by atoms with van der Waals surface area (Å²) in [5.41, 5.74) is -0.698. The first kappa shape index (κ1) is 12.5. The summed E-state index contributed by atoms with van der Waals surface area (Å²) < 4.78 is 45.9. The van der Waals surface area contributed by atoms with Crippen LogP contribution < -0.4 is 9.47 Å². The van der Waals surface area contributed by atoms with E-state index in [2.05, 4.69) is 19.4 Å². The molecule has 0 amide bonds. The molecule has 0 unspecified atom stereocenters. The van der Waals surface area contributed by atoms with Crippen LogP contribution in [0.2, 0.25) is 0 Å². The van der Waals surface area contributed by atoms with Crippen molar-refractivity contribution in [1.29, 1.82) is 0 Å². The fourth-order valence-corrected chi connectivity index (χ4v) is 0.957. The van der Waals surface area contributed by atoms with Crippen molar-refractivity contribution in [1.82, 2.24) is 9.97 Å². The van der Waals surface area contributed by atoms with Crippen LogP contribution in [-0.4, -0.2) is 35.5 Å². The number of rotatable bonds is 3. The average Bonchev–Trinajstić information content (AvgIpc) is 2.26. The Bertz CT molecular complexity index is 370. The van der Waals surface area contributed by atoms with Crippen LogP contribution in [0, 0.1) is 0 Å². The van der Waals surface area contributed by atoms with E-state index in [0.29, 0.717) is 0 Å². The standard InChI is InChI=1S/C8H9F3N2O3/c1-15-4-3-12-5(7(13-4)16-2)6(14)8(9,10)11/h3,6,14H,1-2H3/t6-/m1/s1. The maximum atomic E-state index is 12.2. The van der Waals surface area contributed by atoms with Gasteiger partial charge in [-0.2, -0.15) is 18.2 Å². The molecule has 0 saturated heterocycles. The summed E-state index contributed by atoms with van der Waals surface area (Å²) in [6.07, 6.45) is -6.59. The highest BCUT2D eigenvalue weighted by Gasteiger charge is 2.42. The van der Waals surface area contributed by atoms with Gasteiger partial charge in [-0.3, -0.25) is 0 Å². The summed E-state index contributed by atoms with van der Waals surface area (Å²) in [6.45, 7) is 0. The van der Waals surface area contributed by atoms with Gasteiger partial charge >= 0.3 is 6.18 Å². The fourth-order valence-electron chi connectivity index (χ4n) is 0.957. The van der Waals surface area contributed by atoms with E-state index in [-0.39, 0.29) is 5.88 Å². The monoisotopic (exact) mass is 238 g/mol. The topological polar surface area (TPSA) is 64.5 Å². The minimum atomic E-state index is -4.82. The Labute approximate surface area is 88.8 Å². The molecule has 1 heterocycles. The zero-order valence-electron chi connectivity index (χ0n) is 8.45. The average molecular weight is 238 g/mol. The maximum Gasteiger partial charge on any atom is 0.420 e. The smallest absolute Gasteiger partial charge is 0.420 e. The summed E-state index contributed by atoms with van der Waals surface area (Å²) in [4.78, 5) is 6.98. The normalized spacial score (nSPS) is 13.4. The Morgan fingerprint density at radius 1 is 1.31 bits per heavy atom. The van der Waals surface area contributed by atoms with Gasteiger partial charge in [0, 0.05) is 0 Å². The highest BCUT2D eigenvalue weighted by molar-refractivity contribution is 5.25. The van der Waals surface area contributed by atoms with Crippen molar-refractivity contribution in [3.8, 4) is 11.8 Å². The molecule has 0 bridgehead atoms. The van der Waals surface area contributed by atoms with E-state index in [1.807, 2.05) is 0 Å². The number of nitrogens with zero attached hydrogens (tertiary/aromatic N) is 2. The number of alkyl halides is 3. The van der Waals surface area contributed by atoms with Gasteiger partial charge in [-0.25, -0.2) is 4.98 Å². The second kappa shape index (κ2) is 4.52. The predicted molar refractivity (Wildman–Crippen MR) is 46.2 cm³/mol. The van der Waals surface area contributed by atoms with Crippen LogP contribution in [0.5, 0.6) is 11.8 Å². The van der Waals surface area contributed by atoms with Crippen molar-refractivity contribution >= 4 is 0 Å². The molecule has 0 fully saturated rings. The minimum Gasteiger partial charge on any atom is -0.480 e. The Morgan fingerprint density at radius 3 is 2.38 bits per heavy atom. The summed E-state index contributed by atoms with van der Waals surface area (Å²) in [6, 6.07) is 0. The van der Waals surface area contributed by atoms with E-state index in [0.717, 1.165) is 13.3 Å². The molecule has 0 radical (unpaired) electrons. The van der Waals surface area contributed by atoms with Crippen molar-refractivity contribution in [2.75, 3.05) is 14.2 Å². The van der Waals surface area contributed by atoms with Gasteiger partial charge in [0.25, 0.3) is 0 Å². The minimum absolute atomic E-state index is 0.00465. The molecule has 1 atom stereocenters. The van der Waals surface area contributed by atoms with Gasteiger partial charge in [0.1, 0.15) is 5.69 Å². The number of aliphatic hydroxyl groups excluding tert-OH is 1. The van der Waals surface area contributed by atoms with Crippen molar-refractivity contribution in [3.05, 3.63) is 11.9 Å². The molecule has 5 nitrogen and oxygen atoms in total. The molecule has 0 aromatic carbocycles. The third-order valence-corrected chi connectivity index (χ3v) is 1.72. The third kappa shape index (κ3) is 2.51. The molecule has 0 aliphatic carbocycles. The van der Waals surface area contributed by atoms with E-state index in [4.69, 9.17) is 5.11 Å². The van der Waals surface area contributed by atoms with Gasteiger partial charge in [-0.1, -0.05) is 0 Å². The molecular formula is C8H9F3N2O3. The summed E-state index contributed by atoms with van der Waals surface area (Å²) in [7, 11) is 2.40. The van der Waals surface area contributed by atoms with Gasteiger partial charge in [0.05, 0.1) is 20.4 Å². The molecular weight excluding hydrogens is 229 g/mol. The molecule has 16 heavy (non-hydrogen) atoms. The van der Waals surface area contributed by atoms with E-state index in [1.165, 1.54) is 7.11 Å². The Kier molecular flexibility index (Phi) is 3.53. The summed E-state index contributed by atoms with van der Waals surface area (Å²) >= 11 is 0.